The van der Waals surface area contributed by atoms with Gasteiger partial charge < -0.3 is 4.90 Å². The van der Waals surface area contributed by atoms with Gasteiger partial charge in [-0.2, -0.15) is 5.26 Å². The lowest BCUT2D eigenvalue weighted by Crippen LogP contribution is -2.27. The number of hydrogen-bond acceptors (Lipinski definition) is 4. The van der Waals surface area contributed by atoms with Crippen LogP contribution < -0.4 is 4.90 Å². The average Bonchev–Trinajstić information content (AvgIpc) is 2.29. The van der Waals surface area contributed by atoms with E-state index in [9.17, 15) is 0 Å². The zero-order valence-electron chi connectivity index (χ0n) is 9.27. The summed E-state index contributed by atoms with van der Waals surface area (Å²) in [5.41, 5.74) is 0.428. The maximum Gasteiger partial charge on any atom is 0.226 e. The third-order valence-electron chi connectivity index (χ3n) is 2.03. The van der Waals surface area contributed by atoms with E-state index < -0.39 is 0 Å². The molecule has 80 valence electrons. The maximum absolute atomic E-state index is 8.74. The molecular weight excluding hydrogens is 188 g/mol. The minimum atomic E-state index is 0.428. The SMILES string of the molecule is CCCN(CCC)c1nccc(C#N)n1. The Bertz CT molecular complexity index is 337. The summed E-state index contributed by atoms with van der Waals surface area (Å²) in [4.78, 5) is 10.5. The van der Waals surface area contributed by atoms with Crippen LogP contribution in [0.15, 0.2) is 12.3 Å². The third kappa shape index (κ3) is 3.21. The standard InChI is InChI=1S/C11H16N4/c1-3-7-15(8-4-2)11-13-6-5-10(9-12)14-11/h5-6H,3-4,7-8H2,1-2H3. The predicted octanol–water partition coefficient (Wildman–Crippen LogP) is 1.97. The van der Waals surface area contributed by atoms with Crippen molar-refractivity contribution in [2.24, 2.45) is 0 Å². The first-order valence-corrected chi connectivity index (χ1v) is 5.29. The second-order valence-electron chi connectivity index (χ2n) is 3.34. The lowest BCUT2D eigenvalue weighted by molar-refractivity contribution is 0.720. The van der Waals surface area contributed by atoms with Gasteiger partial charge in [0.2, 0.25) is 5.95 Å². The highest BCUT2D eigenvalue weighted by Crippen LogP contribution is 2.08. The van der Waals surface area contributed by atoms with E-state index in [1.165, 1.54) is 0 Å². The highest BCUT2D eigenvalue weighted by atomic mass is 15.2. The molecule has 0 fully saturated rings. The van der Waals surface area contributed by atoms with E-state index in [4.69, 9.17) is 5.26 Å². The molecule has 1 aromatic rings. The molecule has 0 aromatic carbocycles. The molecule has 1 rings (SSSR count). The fourth-order valence-electron chi connectivity index (χ4n) is 1.41. The van der Waals surface area contributed by atoms with Gasteiger partial charge in [-0.1, -0.05) is 13.8 Å². The zero-order valence-corrected chi connectivity index (χ0v) is 9.27. The van der Waals surface area contributed by atoms with Gasteiger partial charge in [0.15, 0.2) is 0 Å². The first kappa shape index (κ1) is 11.4. The van der Waals surface area contributed by atoms with Gasteiger partial charge in [-0.25, -0.2) is 9.97 Å². The Morgan fingerprint density at radius 3 is 2.53 bits per heavy atom. The summed E-state index contributed by atoms with van der Waals surface area (Å²) in [6, 6.07) is 3.65. The summed E-state index contributed by atoms with van der Waals surface area (Å²) in [6.45, 7) is 6.11. The summed E-state index contributed by atoms with van der Waals surface area (Å²) in [5.74, 6) is 0.665. The number of rotatable bonds is 5. The third-order valence-corrected chi connectivity index (χ3v) is 2.03. The summed E-state index contributed by atoms with van der Waals surface area (Å²) in [7, 11) is 0. The van der Waals surface area contributed by atoms with E-state index in [0.717, 1.165) is 25.9 Å². The molecule has 0 unspecified atom stereocenters. The molecule has 0 saturated heterocycles. The summed E-state index contributed by atoms with van der Waals surface area (Å²) in [6.07, 6.45) is 3.75. The number of nitriles is 1. The Balaban J connectivity index is 2.85. The van der Waals surface area contributed by atoms with Crippen LogP contribution in [0.4, 0.5) is 5.95 Å². The monoisotopic (exact) mass is 204 g/mol. The Hall–Kier alpha value is -1.63. The molecule has 0 saturated carbocycles. The molecule has 1 heterocycles. The van der Waals surface area contributed by atoms with E-state index >= 15 is 0 Å². The van der Waals surface area contributed by atoms with E-state index in [0.29, 0.717) is 11.6 Å². The second kappa shape index (κ2) is 5.97. The van der Waals surface area contributed by atoms with Crippen molar-refractivity contribution >= 4 is 5.95 Å². The van der Waals surface area contributed by atoms with Crippen LogP contribution in [-0.4, -0.2) is 23.1 Å². The van der Waals surface area contributed by atoms with E-state index in [-0.39, 0.29) is 0 Å². The van der Waals surface area contributed by atoms with Crippen molar-refractivity contribution in [1.82, 2.24) is 9.97 Å². The predicted molar refractivity (Wildman–Crippen MR) is 59.5 cm³/mol. The molecule has 0 radical (unpaired) electrons. The van der Waals surface area contributed by atoms with Gasteiger partial charge in [0.1, 0.15) is 11.8 Å². The lowest BCUT2D eigenvalue weighted by Gasteiger charge is -2.20. The smallest absolute Gasteiger partial charge is 0.226 e. The highest BCUT2D eigenvalue weighted by molar-refractivity contribution is 5.33. The molecule has 15 heavy (non-hydrogen) atoms. The minimum Gasteiger partial charge on any atom is -0.341 e. The quantitative estimate of drug-likeness (QED) is 0.735. The summed E-state index contributed by atoms with van der Waals surface area (Å²) >= 11 is 0. The van der Waals surface area contributed by atoms with E-state index in [1.807, 2.05) is 6.07 Å². The van der Waals surface area contributed by atoms with Crippen LogP contribution in [0, 0.1) is 11.3 Å². The van der Waals surface area contributed by atoms with Gasteiger partial charge >= 0.3 is 0 Å². The van der Waals surface area contributed by atoms with Crippen molar-refractivity contribution in [2.75, 3.05) is 18.0 Å². The topological polar surface area (TPSA) is 52.8 Å². The van der Waals surface area contributed by atoms with Crippen molar-refractivity contribution < 1.29 is 0 Å². The number of aromatic nitrogens is 2. The molecular formula is C11H16N4. The molecule has 0 aliphatic rings. The molecule has 0 amide bonds. The Morgan fingerprint density at radius 1 is 1.33 bits per heavy atom. The Kier molecular flexibility index (Phi) is 4.55. The molecule has 1 aromatic heterocycles. The maximum atomic E-state index is 8.74. The van der Waals surface area contributed by atoms with Crippen LogP contribution in [0.5, 0.6) is 0 Å². The molecule has 0 atom stereocenters. The van der Waals surface area contributed by atoms with E-state index in [2.05, 4.69) is 28.7 Å². The Morgan fingerprint density at radius 2 is 2.00 bits per heavy atom. The summed E-state index contributed by atoms with van der Waals surface area (Å²) < 4.78 is 0. The second-order valence-corrected chi connectivity index (χ2v) is 3.34. The minimum absolute atomic E-state index is 0.428. The fraction of sp³-hybridized carbons (Fsp3) is 0.545. The molecule has 0 N–H and O–H groups in total. The van der Waals surface area contributed by atoms with Gasteiger partial charge in [0, 0.05) is 19.3 Å². The molecule has 0 aliphatic carbocycles. The Labute approximate surface area is 90.6 Å². The van der Waals surface area contributed by atoms with Gasteiger partial charge in [-0.15, -0.1) is 0 Å². The van der Waals surface area contributed by atoms with Crippen molar-refractivity contribution in [3.8, 4) is 6.07 Å². The van der Waals surface area contributed by atoms with Crippen molar-refractivity contribution in [3.63, 3.8) is 0 Å². The highest BCUT2D eigenvalue weighted by Gasteiger charge is 2.07. The van der Waals surface area contributed by atoms with Crippen molar-refractivity contribution in [3.05, 3.63) is 18.0 Å². The zero-order chi connectivity index (χ0) is 11.1. The first-order chi connectivity index (χ1) is 7.31. The largest absolute Gasteiger partial charge is 0.341 e. The molecule has 0 aliphatic heterocycles. The van der Waals surface area contributed by atoms with Crippen LogP contribution in [-0.2, 0) is 0 Å². The molecule has 0 spiro atoms. The van der Waals surface area contributed by atoms with Crippen LogP contribution in [0.2, 0.25) is 0 Å². The molecule has 0 bridgehead atoms. The van der Waals surface area contributed by atoms with Gasteiger partial charge in [-0.3, -0.25) is 0 Å². The molecule has 4 heteroatoms. The average molecular weight is 204 g/mol. The van der Waals surface area contributed by atoms with Crippen molar-refractivity contribution in [2.45, 2.75) is 26.7 Å². The lowest BCUT2D eigenvalue weighted by atomic mass is 10.3. The first-order valence-electron chi connectivity index (χ1n) is 5.29. The van der Waals surface area contributed by atoms with Crippen LogP contribution >= 0.6 is 0 Å². The van der Waals surface area contributed by atoms with Gasteiger partial charge in [0.25, 0.3) is 0 Å². The fourth-order valence-corrected chi connectivity index (χ4v) is 1.41. The summed E-state index contributed by atoms with van der Waals surface area (Å²) in [5, 5.41) is 8.74. The number of nitrogens with zero attached hydrogens (tertiary/aromatic N) is 4. The van der Waals surface area contributed by atoms with Crippen LogP contribution in [0.3, 0.4) is 0 Å². The van der Waals surface area contributed by atoms with Crippen LogP contribution in [0.25, 0.3) is 0 Å². The molecule has 4 nitrogen and oxygen atoms in total. The van der Waals surface area contributed by atoms with Gasteiger partial charge in [-0.05, 0) is 18.9 Å². The normalized spacial score (nSPS) is 9.67. The van der Waals surface area contributed by atoms with Crippen LogP contribution in [0.1, 0.15) is 32.4 Å². The number of hydrogen-bond donors (Lipinski definition) is 0. The van der Waals surface area contributed by atoms with E-state index in [1.54, 1.807) is 12.3 Å². The van der Waals surface area contributed by atoms with Crippen molar-refractivity contribution in [1.29, 1.82) is 5.26 Å². The van der Waals surface area contributed by atoms with Gasteiger partial charge in [0.05, 0.1) is 0 Å². The number of anilines is 1.